The summed E-state index contributed by atoms with van der Waals surface area (Å²) in [6, 6.07) is 11.1. The molecule has 2 aromatic heterocycles. The Balaban J connectivity index is 1.42. The molecule has 172 valence electrons. The molecule has 9 nitrogen and oxygen atoms in total. The second kappa shape index (κ2) is 10.4. The van der Waals surface area contributed by atoms with Crippen molar-refractivity contribution < 1.29 is 14.3 Å². The molecule has 0 unspecified atom stereocenters. The molecule has 1 fully saturated rings. The van der Waals surface area contributed by atoms with Crippen molar-refractivity contribution >= 4 is 29.1 Å². The third-order valence-corrected chi connectivity index (χ3v) is 5.61. The number of carbonyl (C=O) groups excluding carboxylic acids is 1. The molecule has 1 aromatic carbocycles. The number of hydrogen-bond donors (Lipinski definition) is 1. The van der Waals surface area contributed by atoms with Crippen LogP contribution < -0.4 is 24.6 Å². The van der Waals surface area contributed by atoms with Crippen molar-refractivity contribution in [2.45, 2.75) is 6.54 Å². The Hall–Kier alpha value is -3.59. The van der Waals surface area contributed by atoms with Gasteiger partial charge in [-0.15, -0.1) is 0 Å². The lowest BCUT2D eigenvalue weighted by molar-refractivity contribution is 0.0946. The van der Waals surface area contributed by atoms with Gasteiger partial charge in [-0.2, -0.15) is 4.98 Å². The Morgan fingerprint density at radius 3 is 2.55 bits per heavy atom. The maximum absolute atomic E-state index is 12.6. The maximum atomic E-state index is 12.6. The van der Waals surface area contributed by atoms with Crippen molar-refractivity contribution in [3.05, 3.63) is 65.1 Å². The van der Waals surface area contributed by atoms with E-state index in [0.29, 0.717) is 30.6 Å². The van der Waals surface area contributed by atoms with Crippen LogP contribution in [0.5, 0.6) is 11.6 Å². The lowest BCUT2D eigenvalue weighted by Gasteiger charge is -2.36. The molecule has 0 aliphatic carbocycles. The van der Waals surface area contributed by atoms with Gasteiger partial charge >= 0.3 is 0 Å². The molecule has 0 saturated carbocycles. The van der Waals surface area contributed by atoms with E-state index in [2.05, 4.69) is 30.1 Å². The van der Waals surface area contributed by atoms with E-state index in [1.165, 1.54) is 13.3 Å². The van der Waals surface area contributed by atoms with Gasteiger partial charge in [0.2, 0.25) is 11.8 Å². The van der Waals surface area contributed by atoms with Crippen molar-refractivity contribution in [3.63, 3.8) is 0 Å². The fraction of sp³-hybridized carbons (Fsp3) is 0.304. The lowest BCUT2D eigenvalue weighted by Crippen LogP contribution is -2.47. The van der Waals surface area contributed by atoms with Crippen molar-refractivity contribution in [1.29, 1.82) is 0 Å². The molecule has 1 amide bonds. The highest BCUT2D eigenvalue weighted by molar-refractivity contribution is 6.30. The first-order valence-corrected chi connectivity index (χ1v) is 10.9. The summed E-state index contributed by atoms with van der Waals surface area (Å²) in [5.74, 6) is 1.22. The number of piperazine rings is 1. The Bertz CT molecular complexity index is 1110. The van der Waals surface area contributed by atoms with Crippen LogP contribution in [0.3, 0.4) is 0 Å². The van der Waals surface area contributed by atoms with Gasteiger partial charge < -0.3 is 24.6 Å². The molecular formula is C23H25ClN6O3. The molecule has 1 saturated heterocycles. The highest BCUT2D eigenvalue weighted by Gasteiger charge is 2.24. The highest BCUT2D eigenvalue weighted by atomic mass is 35.5. The standard InChI is InChI=1S/C23H25ClN6O3/c1-32-20-7-6-16(24)13-19(20)29-9-11-30(12-10-29)23-27-15-18(22(28-23)33-2)21(31)26-14-17-5-3-4-8-25-17/h3-8,13,15H,9-12,14H2,1-2H3,(H,26,31). The molecule has 33 heavy (non-hydrogen) atoms. The van der Waals surface area contributed by atoms with Crippen LogP contribution in [0.4, 0.5) is 11.6 Å². The number of nitrogens with zero attached hydrogens (tertiary/aromatic N) is 5. The average molecular weight is 469 g/mol. The van der Waals surface area contributed by atoms with Gasteiger partial charge in [0.05, 0.1) is 32.1 Å². The minimum Gasteiger partial charge on any atom is -0.495 e. The first kappa shape index (κ1) is 22.6. The van der Waals surface area contributed by atoms with E-state index in [1.807, 2.05) is 36.4 Å². The van der Waals surface area contributed by atoms with Gasteiger partial charge in [0.15, 0.2) is 0 Å². The van der Waals surface area contributed by atoms with Crippen LogP contribution in [0, 0.1) is 0 Å². The summed E-state index contributed by atoms with van der Waals surface area (Å²) in [4.78, 5) is 30.0. The van der Waals surface area contributed by atoms with E-state index in [1.54, 1.807) is 13.3 Å². The number of methoxy groups -OCH3 is 2. The molecule has 0 bridgehead atoms. The second-order valence-corrected chi connectivity index (χ2v) is 7.82. The fourth-order valence-corrected chi connectivity index (χ4v) is 3.81. The fourth-order valence-electron chi connectivity index (χ4n) is 3.65. The molecule has 1 aliphatic rings. The van der Waals surface area contributed by atoms with E-state index in [9.17, 15) is 4.79 Å². The number of benzene rings is 1. The summed E-state index contributed by atoms with van der Waals surface area (Å²) in [5.41, 5.74) is 2.00. The van der Waals surface area contributed by atoms with E-state index < -0.39 is 0 Å². The smallest absolute Gasteiger partial charge is 0.258 e. The Morgan fingerprint density at radius 2 is 1.85 bits per heavy atom. The molecule has 0 radical (unpaired) electrons. The Kier molecular flexibility index (Phi) is 7.09. The third kappa shape index (κ3) is 5.25. The van der Waals surface area contributed by atoms with Crippen LogP contribution in [-0.4, -0.2) is 61.3 Å². The summed E-state index contributed by atoms with van der Waals surface area (Å²) in [5, 5.41) is 3.49. The number of ether oxygens (including phenoxy) is 2. The SMILES string of the molecule is COc1ccc(Cl)cc1N1CCN(c2ncc(C(=O)NCc3ccccn3)c(OC)n2)CC1. The number of anilines is 2. The molecule has 0 atom stereocenters. The van der Waals surface area contributed by atoms with Gasteiger partial charge in [0, 0.05) is 43.6 Å². The van der Waals surface area contributed by atoms with Gasteiger partial charge in [-0.25, -0.2) is 4.98 Å². The molecular weight excluding hydrogens is 444 g/mol. The van der Waals surface area contributed by atoms with Gasteiger partial charge in [0.1, 0.15) is 11.3 Å². The molecule has 4 rings (SSSR count). The van der Waals surface area contributed by atoms with Crippen LogP contribution in [0.15, 0.2) is 48.8 Å². The minimum atomic E-state index is -0.318. The number of nitrogens with one attached hydrogen (secondary N) is 1. The van der Waals surface area contributed by atoms with Gasteiger partial charge in [-0.3, -0.25) is 9.78 Å². The summed E-state index contributed by atoms with van der Waals surface area (Å²) in [6.45, 7) is 3.19. The Labute approximate surface area is 197 Å². The minimum absolute atomic E-state index is 0.234. The van der Waals surface area contributed by atoms with Crippen LogP contribution in [0.2, 0.25) is 5.02 Å². The number of rotatable bonds is 7. The zero-order valence-electron chi connectivity index (χ0n) is 18.5. The van der Waals surface area contributed by atoms with Crippen LogP contribution in [0.25, 0.3) is 0 Å². The Morgan fingerprint density at radius 1 is 1.06 bits per heavy atom. The molecule has 1 N–H and O–H groups in total. The predicted molar refractivity (Wildman–Crippen MR) is 126 cm³/mol. The number of pyridine rings is 1. The summed E-state index contributed by atoms with van der Waals surface area (Å²) >= 11 is 6.19. The van der Waals surface area contributed by atoms with Crippen molar-refractivity contribution in [2.75, 3.05) is 50.2 Å². The zero-order valence-corrected chi connectivity index (χ0v) is 19.2. The van der Waals surface area contributed by atoms with Crippen LogP contribution >= 0.6 is 11.6 Å². The van der Waals surface area contributed by atoms with Gasteiger partial charge in [-0.05, 0) is 30.3 Å². The van der Waals surface area contributed by atoms with Crippen LogP contribution in [-0.2, 0) is 6.54 Å². The topological polar surface area (TPSA) is 92.7 Å². The van der Waals surface area contributed by atoms with Crippen molar-refractivity contribution in [1.82, 2.24) is 20.3 Å². The van der Waals surface area contributed by atoms with E-state index in [-0.39, 0.29) is 17.4 Å². The molecule has 1 aliphatic heterocycles. The number of carbonyl (C=O) groups is 1. The largest absolute Gasteiger partial charge is 0.495 e. The van der Waals surface area contributed by atoms with Crippen LogP contribution in [0.1, 0.15) is 16.1 Å². The van der Waals surface area contributed by atoms with Gasteiger partial charge in [0.25, 0.3) is 5.91 Å². The monoisotopic (exact) mass is 468 g/mol. The normalized spacial score (nSPS) is 13.5. The zero-order chi connectivity index (χ0) is 23.2. The van der Waals surface area contributed by atoms with E-state index >= 15 is 0 Å². The van der Waals surface area contributed by atoms with Crippen molar-refractivity contribution in [2.24, 2.45) is 0 Å². The number of hydrogen-bond acceptors (Lipinski definition) is 8. The first-order chi connectivity index (χ1) is 16.1. The second-order valence-electron chi connectivity index (χ2n) is 7.39. The number of amides is 1. The highest BCUT2D eigenvalue weighted by Crippen LogP contribution is 2.32. The third-order valence-electron chi connectivity index (χ3n) is 5.38. The summed E-state index contributed by atoms with van der Waals surface area (Å²) in [7, 11) is 3.14. The average Bonchev–Trinajstić information content (AvgIpc) is 2.87. The quantitative estimate of drug-likeness (QED) is 0.566. The molecule has 10 heteroatoms. The predicted octanol–water partition coefficient (Wildman–Crippen LogP) is 2.80. The molecule has 0 spiro atoms. The summed E-state index contributed by atoms with van der Waals surface area (Å²) in [6.07, 6.45) is 3.18. The number of halogens is 1. The van der Waals surface area contributed by atoms with E-state index in [0.717, 1.165) is 30.2 Å². The molecule has 3 aromatic rings. The first-order valence-electron chi connectivity index (χ1n) is 10.5. The molecule has 3 heterocycles. The van der Waals surface area contributed by atoms with E-state index in [4.69, 9.17) is 21.1 Å². The van der Waals surface area contributed by atoms with Crippen molar-refractivity contribution in [3.8, 4) is 11.6 Å². The van der Waals surface area contributed by atoms with Gasteiger partial charge in [-0.1, -0.05) is 17.7 Å². The number of aromatic nitrogens is 3. The lowest BCUT2D eigenvalue weighted by atomic mass is 10.2. The maximum Gasteiger partial charge on any atom is 0.258 e. The summed E-state index contributed by atoms with van der Waals surface area (Å²) < 4.78 is 10.9.